The van der Waals surface area contributed by atoms with E-state index in [-0.39, 0.29) is 11.8 Å². The fourth-order valence-electron chi connectivity index (χ4n) is 3.25. The first-order chi connectivity index (χ1) is 13.0. The van der Waals surface area contributed by atoms with Gasteiger partial charge in [-0.05, 0) is 48.4 Å². The summed E-state index contributed by atoms with van der Waals surface area (Å²) < 4.78 is 10.6. The first-order valence-electron chi connectivity index (χ1n) is 8.90. The van der Waals surface area contributed by atoms with Gasteiger partial charge >= 0.3 is 0 Å². The second-order valence-corrected chi connectivity index (χ2v) is 6.55. The van der Waals surface area contributed by atoms with Gasteiger partial charge in [0.1, 0.15) is 0 Å². The van der Waals surface area contributed by atoms with E-state index < -0.39 is 0 Å². The van der Waals surface area contributed by atoms with Crippen LogP contribution in [0.3, 0.4) is 0 Å². The summed E-state index contributed by atoms with van der Waals surface area (Å²) >= 11 is 0. The molecule has 0 radical (unpaired) electrons. The van der Waals surface area contributed by atoms with Crippen molar-refractivity contribution in [2.45, 2.75) is 19.4 Å². The number of hydrogen-bond acceptors (Lipinski definition) is 4. The fraction of sp³-hybridized carbons (Fsp3) is 0.333. The number of amides is 2. The number of rotatable bonds is 6. The molecule has 1 saturated heterocycles. The zero-order chi connectivity index (χ0) is 19.4. The third kappa shape index (κ3) is 4.05. The Morgan fingerprint density at radius 2 is 1.78 bits per heavy atom. The van der Waals surface area contributed by atoms with Crippen molar-refractivity contribution < 1.29 is 19.1 Å². The molecule has 2 aromatic carbocycles. The molecular formula is C21H24N2O4. The molecule has 142 valence electrons. The number of nitrogens with zero attached hydrogens (tertiary/aromatic N) is 2. The van der Waals surface area contributed by atoms with Gasteiger partial charge in [-0.2, -0.15) is 0 Å². The van der Waals surface area contributed by atoms with E-state index in [1.165, 1.54) is 0 Å². The SMILES string of the molecule is COc1ccc(CN(C)C(=O)c2ccc(N3CCCC3=O)cc2)cc1OC. The molecule has 0 spiro atoms. The van der Waals surface area contributed by atoms with Crippen LogP contribution in [0.15, 0.2) is 42.5 Å². The number of ether oxygens (including phenoxy) is 2. The molecule has 1 aliphatic heterocycles. The van der Waals surface area contributed by atoms with E-state index >= 15 is 0 Å². The first kappa shape index (κ1) is 18.8. The van der Waals surface area contributed by atoms with Crippen molar-refractivity contribution in [1.82, 2.24) is 4.90 Å². The Morgan fingerprint density at radius 1 is 1.07 bits per heavy atom. The Balaban J connectivity index is 1.69. The van der Waals surface area contributed by atoms with Gasteiger partial charge in [0.15, 0.2) is 11.5 Å². The lowest BCUT2D eigenvalue weighted by Gasteiger charge is -2.19. The van der Waals surface area contributed by atoms with Crippen molar-refractivity contribution in [2.24, 2.45) is 0 Å². The minimum Gasteiger partial charge on any atom is -0.493 e. The number of anilines is 1. The number of methoxy groups -OCH3 is 2. The molecular weight excluding hydrogens is 344 g/mol. The topological polar surface area (TPSA) is 59.1 Å². The lowest BCUT2D eigenvalue weighted by atomic mass is 10.1. The maximum atomic E-state index is 12.7. The fourth-order valence-corrected chi connectivity index (χ4v) is 3.25. The normalized spacial score (nSPS) is 13.6. The van der Waals surface area contributed by atoms with E-state index in [0.29, 0.717) is 30.0 Å². The Bertz CT molecular complexity index is 833. The van der Waals surface area contributed by atoms with Crippen LogP contribution < -0.4 is 14.4 Å². The molecule has 0 bridgehead atoms. The molecule has 6 heteroatoms. The highest BCUT2D eigenvalue weighted by atomic mass is 16.5. The molecule has 6 nitrogen and oxygen atoms in total. The minimum atomic E-state index is -0.0796. The van der Waals surface area contributed by atoms with Gasteiger partial charge < -0.3 is 19.3 Å². The van der Waals surface area contributed by atoms with Crippen molar-refractivity contribution in [1.29, 1.82) is 0 Å². The molecule has 27 heavy (non-hydrogen) atoms. The summed E-state index contributed by atoms with van der Waals surface area (Å²) in [6, 6.07) is 12.8. The van der Waals surface area contributed by atoms with Gasteiger partial charge in [-0.25, -0.2) is 0 Å². The third-order valence-electron chi connectivity index (χ3n) is 4.71. The van der Waals surface area contributed by atoms with E-state index in [1.54, 1.807) is 43.2 Å². The third-order valence-corrected chi connectivity index (χ3v) is 4.71. The monoisotopic (exact) mass is 368 g/mol. The van der Waals surface area contributed by atoms with Gasteiger partial charge in [0, 0.05) is 37.8 Å². The van der Waals surface area contributed by atoms with Crippen LogP contribution in [-0.2, 0) is 11.3 Å². The summed E-state index contributed by atoms with van der Waals surface area (Å²) in [5, 5.41) is 0. The Labute approximate surface area is 159 Å². The number of benzene rings is 2. The van der Waals surface area contributed by atoms with Crippen LogP contribution in [0.4, 0.5) is 5.69 Å². The van der Waals surface area contributed by atoms with Gasteiger partial charge in [0.2, 0.25) is 5.91 Å². The van der Waals surface area contributed by atoms with E-state index in [4.69, 9.17) is 9.47 Å². The standard InChI is InChI=1S/C21H24N2O4/c1-22(14-15-6-11-18(26-2)19(13-15)27-3)21(25)16-7-9-17(10-8-16)23-12-4-5-20(23)24/h6-11,13H,4-5,12,14H2,1-3H3. The van der Waals surface area contributed by atoms with Crippen molar-refractivity contribution in [2.75, 3.05) is 32.7 Å². The predicted octanol–water partition coefficient (Wildman–Crippen LogP) is 3.10. The highest BCUT2D eigenvalue weighted by Crippen LogP contribution is 2.28. The van der Waals surface area contributed by atoms with Crippen molar-refractivity contribution in [3.05, 3.63) is 53.6 Å². The number of carbonyl (C=O) groups excluding carboxylic acids is 2. The van der Waals surface area contributed by atoms with Gasteiger partial charge in [-0.15, -0.1) is 0 Å². The summed E-state index contributed by atoms with van der Waals surface area (Å²) in [5.74, 6) is 1.35. The number of hydrogen-bond donors (Lipinski definition) is 0. The molecule has 0 saturated carbocycles. The quantitative estimate of drug-likeness (QED) is 0.786. The molecule has 0 N–H and O–H groups in total. The Morgan fingerprint density at radius 3 is 2.37 bits per heavy atom. The molecule has 1 aliphatic rings. The predicted molar refractivity (Wildman–Crippen MR) is 103 cm³/mol. The van der Waals surface area contributed by atoms with Crippen LogP contribution in [0.2, 0.25) is 0 Å². The van der Waals surface area contributed by atoms with E-state index in [0.717, 1.165) is 24.2 Å². The van der Waals surface area contributed by atoms with Gasteiger partial charge in [-0.1, -0.05) is 6.07 Å². The molecule has 0 aliphatic carbocycles. The molecule has 1 heterocycles. The van der Waals surface area contributed by atoms with Crippen LogP contribution in [-0.4, -0.2) is 44.5 Å². The van der Waals surface area contributed by atoms with Crippen LogP contribution >= 0.6 is 0 Å². The van der Waals surface area contributed by atoms with Crippen molar-refractivity contribution in [3.63, 3.8) is 0 Å². The summed E-state index contributed by atoms with van der Waals surface area (Å²) in [6.07, 6.45) is 1.47. The molecule has 2 amide bonds. The van der Waals surface area contributed by atoms with Crippen LogP contribution in [0, 0.1) is 0 Å². The lowest BCUT2D eigenvalue weighted by Crippen LogP contribution is -2.27. The molecule has 1 fully saturated rings. The molecule has 0 unspecified atom stereocenters. The summed E-state index contributed by atoms with van der Waals surface area (Å²) in [5.41, 5.74) is 2.38. The van der Waals surface area contributed by atoms with Crippen LogP contribution in [0.1, 0.15) is 28.8 Å². The lowest BCUT2D eigenvalue weighted by molar-refractivity contribution is -0.117. The smallest absolute Gasteiger partial charge is 0.253 e. The summed E-state index contributed by atoms with van der Waals surface area (Å²) in [7, 11) is 4.94. The summed E-state index contributed by atoms with van der Waals surface area (Å²) in [6.45, 7) is 1.19. The summed E-state index contributed by atoms with van der Waals surface area (Å²) in [4.78, 5) is 28.0. The van der Waals surface area contributed by atoms with Gasteiger partial charge in [-0.3, -0.25) is 9.59 Å². The van der Waals surface area contributed by atoms with Gasteiger partial charge in [0.05, 0.1) is 14.2 Å². The average molecular weight is 368 g/mol. The van der Waals surface area contributed by atoms with Crippen molar-refractivity contribution >= 4 is 17.5 Å². The Kier molecular flexibility index (Phi) is 5.64. The van der Waals surface area contributed by atoms with Gasteiger partial charge in [0.25, 0.3) is 5.91 Å². The average Bonchev–Trinajstić information content (AvgIpc) is 3.13. The maximum absolute atomic E-state index is 12.7. The van der Waals surface area contributed by atoms with E-state index in [1.807, 2.05) is 30.3 Å². The second-order valence-electron chi connectivity index (χ2n) is 6.55. The van der Waals surface area contributed by atoms with Crippen LogP contribution in [0.5, 0.6) is 11.5 Å². The zero-order valence-electron chi connectivity index (χ0n) is 15.9. The highest BCUT2D eigenvalue weighted by molar-refractivity contribution is 5.97. The Hall–Kier alpha value is -3.02. The zero-order valence-corrected chi connectivity index (χ0v) is 15.9. The van der Waals surface area contributed by atoms with Crippen molar-refractivity contribution in [3.8, 4) is 11.5 Å². The minimum absolute atomic E-state index is 0.0796. The maximum Gasteiger partial charge on any atom is 0.253 e. The molecule has 0 atom stereocenters. The van der Waals surface area contributed by atoms with E-state index in [9.17, 15) is 9.59 Å². The molecule has 2 aromatic rings. The highest BCUT2D eigenvalue weighted by Gasteiger charge is 2.22. The molecule has 0 aromatic heterocycles. The number of carbonyl (C=O) groups is 2. The van der Waals surface area contributed by atoms with Crippen LogP contribution in [0.25, 0.3) is 0 Å². The molecule has 3 rings (SSSR count). The first-order valence-corrected chi connectivity index (χ1v) is 8.90. The largest absolute Gasteiger partial charge is 0.493 e. The van der Waals surface area contributed by atoms with E-state index in [2.05, 4.69) is 0 Å². The second kappa shape index (κ2) is 8.12.